The first kappa shape index (κ1) is 14.0. The van der Waals surface area contributed by atoms with Crippen molar-refractivity contribution >= 4 is 0 Å². The van der Waals surface area contributed by atoms with Gasteiger partial charge in [0.05, 0.1) is 0 Å². The molecule has 110 valence electrons. The molecule has 0 saturated carbocycles. The second kappa shape index (κ2) is 6.22. The number of piperidine rings is 1. The van der Waals surface area contributed by atoms with Gasteiger partial charge < -0.3 is 5.73 Å². The Kier molecular flexibility index (Phi) is 4.36. The predicted octanol–water partition coefficient (Wildman–Crippen LogP) is 1.23. The van der Waals surface area contributed by atoms with Gasteiger partial charge in [0.2, 0.25) is 0 Å². The Morgan fingerprint density at radius 3 is 2.75 bits per heavy atom. The van der Waals surface area contributed by atoms with Crippen molar-refractivity contribution in [3.63, 3.8) is 0 Å². The Morgan fingerprint density at radius 2 is 2.05 bits per heavy atom. The van der Waals surface area contributed by atoms with Crippen LogP contribution in [-0.2, 0) is 6.54 Å². The van der Waals surface area contributed by atoms with Gasteiger partial charge in [0.1, 0.15) is 0 Å². The summed E-state index contributed by atoms with van der Waals surface area (Å²) >= 11 is 0. The van der Waals surface area contributed by atoms with Gasteiger partial charge in [-0.05, 0) is 38.3 Å². The van der Waals surface area contributed by atoms with E-state index >= 15 is 0 Å². The Bertz CT molecular complexity index is 422. The molecule has 4 N–H and O–H groups in total. The minimum atomic E-state index is 0.275. The van der Waals surface area contributed by atoms with E-state index in [0.29, 0.717) is 18.1 Å². The van der Waals surface area contributed by atoms with Crippen LogP contribution in [0.3, 0.4) is 0 Å². The molecule has 2 aliphatic heterocycles. The molecule has 0 radical (unpaired) electrons. The molecule has 0 aromatic heterocycles. The number of likely N-dealkylation sites (tertiary alicyclic amines) is 1. The van der Waals surface area contributed by atoms with E-state index in [2.05, 4.69) is 53.0 Å². The fraction of sp³-hybridized carbons (Fsp3) is 0.625. The van der Waals surface area contributed by atoms with Crippen LogP contribution in [0.5, 0.6) is 0 Å². The highest BCUT2D eigenvalue weighted by molar-refractivity contribution is 5.15. The number of hydrazine groups is 1. The standard InChI is InChI=1S/C16H26N4/c1-12-10-15(19-18-12)16-14(17)8-5-9-20(16)11-13-6-3-2-4-7-13/h2-4,6-7,12,14-16,18-19H,5,8-11,17H2,1H3. The predicted molar refractivity (Wildman–Crippen MR) is 82.0 cm³/mol. The van der Waals surface area contributed by atoms with Gasteiger partial charge in [0.25, 0.3) is 0 Å². The molecule has 2 fully saturated rings. The zero-order chi connectivity index (χ0) is 13.9. The van der Waals surface area contributed by atoms with Crippen molar-refractivity contribution in [2.75, 3.05) is 6.54 Å². The molecule has 2 aliphatic rings. The van der Waals surface area contributed by atoms with Gasteiger partial charge in [-0.2, -0.15) is 0 Å². The summed E-state index contributed by atoms with van der Waals surface area (Å²) in [5, 5.41) is 0. The first-order valence-corrected chi connectivity index (χ1v) is 7.78. The van der Waals surface area contributed by atoms with E-state index in [9.17, 15) is 0 Å². The molecular formula is C16H26N4. The quantitative estimate of drug-likeness (QED) is 0.776. The van der Waals surface area contributed by atoms with Crippen LogP contribution in [0.25, 0.3) is 0 Å². The summed E-state index contributed by atoms with van der Waals surface area (Å²) in [6.45, 7) is 4.38. The molecule has 4 heteroatoms. The lowest BCUT2D eigenvalue weighted by Crippen LogP contribution is -2.60. The maximum atomic E-state index is 6.44. The minimum Gasteiger partial charge on any atom is -0.326 e. The number of rotatable bonds is 3. The van der Waals surface area contributed by atoms with E-state index in [-0.39, 0.29) is 6.04 Å². The Hall–Kier alpha value is -0.940. The average molecular weight is 274 g/mol. The molecule has 2 heterocycles. The molecule has 0 aliphatic carbocycles. The van der Waals surface area contributed by atoms with E-state index in [1.54, 1.807) is 0 Å². The summed E-state index contributed by atoms with van der Waals surface area (Å²) < 4.78 is 0. The highest BCUT2D eigenvalue weighted by Gasteiger charge is 2.38. The maximum absolute atomic E-state index is 6.44. The third-order valence-corrected chi connectivity index (χ3v) is 4.61. The lowest BCUT2D eigenvalue weighted by atomic mass is 9.89. The van der Waals surface area contributed by atoms with E-state index < -0.39 is 0 Å². The Labute approximate surface area is 121 Å². The van der Waals surface area contributed by atoms with Crippen molar-refractivity contribution in [1.82, 2.24) is 15.8 Å². The molecule has 4 atom stereocenters. The van der Waals surface area contributed by atoms with Crippen LogP contribution in [0.1, 0.15) is 31.7 Å². The van der Waals surface area contributed by atoms with Crippen LogP contribution in [0.15, 0.2) is 30.3 Å². The highest BCUT2D eigenvalue weighted by atomic mass is 15.4. The summed E-state index contributed by atoms with van der Waals surface area (Å²) in [7, 11) is 0. The fourth-order valence-electron chi connectivity index (χ4n) is 3.65. The van der Waals surface area contributed by atoms with Gasteiger partial charge in [-0.3, -0.25) is 15.8 Å². The van der Waals surface area contributed by atoms with Gasteiger partial charge in [0.15, 0.2) is 0 Å². The van der Waals surface area contributed by atoms with E-state index in [0.717, 1.165) is 25.9 Å². The molecule has 0 amide bonds. The molecule has 20 heavy (non-hydrogen) atoms. The SMILES string of the molecule is CC1CC(C2C(N)CCCN2Cc2ccccc2)NN1. The van der Waals surface area contributed by atoms with E-state index in [1.165, 1.54) is 12.0 Å². The first-order chi connectivity index (χ1) is 9.74. The molecule has 1 aromatic carbocycles. The van der Waals surface area contributed by atoms with Gasteiger partial charge in [-0.1, -0.05) is 30.3 Å². The smallest absolute Gasteiger partial charge is 0.0418 e. The summed E-state index contributed by atoms with van der Waals surface area (Å²) in [6, 6.07) is 12.4. The third-order valence-electron chi connectivity index (χ3n) is 4.61. The number of nitrogens with one attached hydrogen (secondary N) is 2. The van der Waals surface area contributed by atoms with Crippen molar-refractivity contribution in [2.45, 2.75) is 56.9 Å². The molecular weight excluding hydrogens is 248 g/mol. The van der Waals surface area contributed by atoms with Crippen LogP contribution in [0.2, 0.25) is 0 Å². The largest absolute Gasteiger partial charge is 0.326 e. The maximum Gasteiger partial charge on any atom is 0.0418 e. The van der Waals surface area contributed by atoms with Crippen LogP contribution < -0.4 is 16.6 Å². The molecule has 3 rings (SSSR count). The summed E-state index contributed by atoms with van der Waals surface area (Å²) in [5.41, 5.74) is 14.6. The molecule has 1 aromatic rings. The van der Waals surface area contributed by atoms with E-state index in [4.69, 9.17) is 5.73 Å². The van der Waals surface area contributed by atoms with E-state index in [1.807, 2.05) is 0 Å². The fourth-order valence-corrected chi connectivity index (χ4v) is 3.65. The lowest BCUT2D eigenvalue weighted by molar-refractivity contribution is 0.0923. The van der Waals surface area contributed by atoms with Crippen molar-refractivity contribution < 1.29 is 0 Å². The number of hydrogen-bond donors (Lipinski definition) is 3. The molecule has 0 spiro atoms. The zero-order valence-electron chi connectivity index (χ0n) is 12.3. The summed E-state index contributed by atoms with van der Waals surface area (Å²) in [4.78, 5) is 2.57. The zero-order valence-corrected chi connectivity index (χ0v) is 12.3. The van der Waals surface area contributed by atoms with Crippen LogP contribution in [0, 0.1) is 0 Å². The molecule has 4 unspecified atom stereocenters. The highest BCUT2D eigenvalue weighted by Crippen LogP contribution is 2.24. The number of nitrogens with two attached hydrogens (primary N) is 1. The van der Waals surface area contributed by atoms with Crippen molar-refractivity contribution in [3.05, 3.63) is 35.9 Å². The van der Waals surface area contributed by atoms with Gasteiger partial charge >= 0.3 is 0 Å². The topological polar surface area (TPSA) is 53.3 Å². The minimum absolute atomic E-state index is 0.275. The summed E-state index contributed by atoms with van der Waals surface area (Å²) in [5.74, 6) is 0. The number of hydrogen-bond acceptors (Lipinski definition) is 4. The van der Waals surface area contributed by atoms with Gasteiger partial charge in [-0.15, -0.1) is 0 Å². The Balaban J connectivity index is 1.73. The van der Waals surface area contributed by atoms with Crippen LogP contribution >= 0.6 is 0 Å². The van der Waals surface area contributed by atoms with Crippen molar-refractivity contribution in [1.29, 1.82) is 0 Å². The molecule has 4 nitrogen and oxygen atoms in total. The first-order valence-electron chi connectivity index (χ1n) is 7.78. The lowest BCUT2D eigenvalue weighted by Gasteiger charge is -2.43. The normalized spacial score (nSPS) is 35.3. The van der Waals surface area contributed by atoms with Crippen LogP contribution in [0.4, 0.5) is 0 Å². The third kappa shape index (κ3) is 3.04. The monoisotopic (exact) mass is 274 g/mol. The van der Waals surface area contributed by atoms with Crippen molar-refractivity contribution in [2.24, 2.45) is 5.73 Å². The molecule has 2 saturated heterocycles. The van der Waals surface area contributed by atoms with Crippen molar-refractivity contribution in [3.8, 4) is 0 Å². The summed E-state index contributed by atoms with van der Waals surface area (Å²) in [6.07, 6.45) is 3.51. The molecule has 0 bridgehead atoms. The van der Waals surface area contributed by atoms with Gasteiger partial charge in [0, 0.05) is 30.7 Å². The van der Waals surface area contributed by atoms with Gasteiger partial charge in [-0.25, -0.2) is 0 Å². The van der Waals surface area contributed by atoms with Crippen LogP contribution in [-0.4, -0.2) is 35.6 Å². The number of benzene rings is 1. The second-order valence-electron chi connectivity index (χ2n) is 6.28. The number of nitrogens with zero attached hydrogens (tertiary/aromatic N) is 1. The Morgan fingerprint density at radius 1 is 1.25 bits per heavy atom. The second-order valence-corrected chi connectivity index (χ2v) is 6.28. The average Bonchev–Trinajstić information content (AvgIpc) is 2.86.